The molecule has 1 fully saturated rings. The molecule has 1 aliphatic rings. The number of aliphatic carboxylic acids is 1. The van der Waals surface area contributed by atoms with E-state index in [0.29, 0.717) is 12.8 Å². The number of carboxylic acid groups (broad SMARTS) is 1. The van der Waals surface area contributed by atoms with Crippen molar-refractivity contribution < 1.29 is 19.1 Å². The Balaban J connectivity index is 1.75. The largest absolute Gasteiger partial charge is 0.481 e. The van der Waals surface area contributed by atoms with Crippen molar-refractivity contribution in [2.75, 3.05) is 5.32 Å². The van der Waals surface area contributed by atoms with Crippen molar-refractivity contribution in [3.05, 3.63) is 64.3 Å². The van der Waals surface area contributed by atoms with Crippen LogP contribution in [0.4, 0.5) is 10.1 Å². The number of carboxylic acids is 1. The zero-order chi connectivity index (χ0) is 18.0. The molecule has 0 bridgehead atoms. The number of carbonyl (C=O) groups is 2. The number of anilines is 1. The number of hydrogen-bond donors (Lipinski definition) is 2. The van der Waals surface area contributed by atoms with Crippen LogP contribution in [0.5, 0.6) is 0 Å². The molecule has 1 amide bonds. The van der Waals surface area contributed by atoms with E-state index in [9.17, 15) is 18.8 Å². The van der Waals surface area contributed by atoms with Gasteiger partial charge in [-0.2, -0.15) is 0 Å². The van der Waals surface area contributed by atoms with Crippen molar-refractivity contribution in [3.63, 3.8) is 0 Å². The van der Waals surface area contributed by atoms with E-state index in [1.54, 1.807) is 24.4 Å². The molecule has 0 saturated heterocycles. The Morgan fingerprint density at radius 2 is 1.84 bits per heavy atom. The first kappa shape index (κ1) is 16.9. The topological polar surface area (TPSA) is 88.4 Å². The highest BCUT2D eigenvalue weighted by molar-refractivity contribution is 5.95. The summed E-state index contributed by atoms with van der Waals surface area (Å²) in [6, 6.07) is 8.90. The summed E-state index contributed by atoms with van der Waals surface area (Å²) >= 11 is 0. The van der Waals surface area contributed by atoms with E-state index < -0.39 is 29.3 Å². The van der Waals surface area contributed by atoms with E-state index in [0.717, 1.165) is 5.56 Å². The van der Waals surface area contributed by atoms with Crippen molar-refractivity contribution >= 4 is 17.6 Å². The number of rotatable bonds is 5. The van der Waals surface area contributed by atoms with Gasteiger partial charge in [0.15, 0.2) is 0 Å². The van der Waals surface area contributed by atoms with Crippen LogP contribution in [0.1, 0.15) is 18.4 Å². The molecule has 1 aromatic heterocycles. The minimum Gasteiger partial charge on any atom is -0.481 e. The lowest BCUT2D eigenvalue weighted by molar-refractivity contribution is -0.151. The van der Waals surface area contributed by atoms with Gasteiger partial charge in [-0.25, -0.2) is 4.39 Å². The highest BCUT2D eigenvalue weighted by atomic mass is 19.1. The first-order chi connectivity index (χ1) is 12.0. The molecule has 3 rings (SSSR count). The highest BCUT2D eigenvalue weighted by Crippen LogP contribution is 2.35. The lowest BCUT2D eigenvalue weighted by atomic mass is 9.73. The minimum absolute atomic E-state index is 0.102. The Bertz CT molecular complexity index is 860. The summed E-state index contributed by atoms with van der Waals surface area (Å²) in [5.41, 5.74) is 0.453. The first-order valence-electron chi connectivity index (χ1n) is 7.93. The number of hydrogen-bond acceptors (Lipinski definition) is 3. The van der Waals surface area contributed by atoms with Crippen LogP contribution in [0, 0.1) is 17.7 Å². The summed E-state index contributed by atoms with van der Waals surface area (Å²) in [6.07, 6.45) is 2.54. The van der Waals surface area contributed by atoms with E-state index in [-0.39, 0.29) is 18.0 Å². The molecule has 1 heterocycles. The Kier molecular flexibility index (Phi) is 4.65. The molecule has 6 nitrogen and oxygen atoms in total. The SMILES string of the molecule is O=C(O)C1CCC1C(=O)Nc1cccn(Cc2ccc(F)cc2)c1=O. The summed E-state index contributed by atoms with van der Waals surface area (Å²) in [5.74, 6) is -3.10. The molecular formula is C18H17FN2O4. The number of carbonyl (C=O) groups excluding carboxylic acids is 1. The van der Waals surface area contributed by atoms with E-state index in [2.05, 4.69) is 5.32 Å². The summed E-state index contributed by atoms with van der Waals surface area (Å²) in [6.45, 7) is 0.240. The van der Waals surface area contributed by atoms with Crippen LogP contribution in [0.3, 0.4) is 0 Å². The molecule has 7 heteroatoms. The van der Waals surface area contributed by atoms with Gasteiger partial charge < -0.3 is 15.0 Å². The molecule has 130 valence electrons. The van der Waals surface area contributed by atoms with Gasteiger partial charge >= 0.3 is 5.97 Å². The summed E-state index contributed by atoms with van der Waals surface area (Å²) in [4.78, 5) is 35.7. The number of nitrogens with zero attached hydrogens (tertiary/aromatic N) is 1. The Hall–Kier alpha value is -2.96. The molecule has 2 unspecified atom stereocenters. The molecule has 25 heavy (non-hydrogen) atoms. The fourth-order valence-corrected chi connectivity index (χ4v) is 2.88. The molecule has 0 radical (unpaired) electrons. The third-order valence-corrected chi connectivity index (χ3v) is 4.47. The zero-order valence-electron chi connectivity index (χ0n) is 13.3. The van der Waals surface area contributed by atoms with Crippen LogP contribution in [-0.2, 0) is 16.1 Å². The Morgan fingerprint density at radius 1 is 1.16 bits per heavy atom. The molecule has 0 spiro atoms. The molecule has 1 saturated carbocycles. The second kappa shape index (κ2) is 6.88. The predicted octanol–water partition coefficient (Wildman–Crippen LogP) is 2.08. The van der Waals surface area contributed by atoms with Gasteiger partial charge in [-0.3, -0.25) is 14.4 Å². The van der Waals surface area contributed by atoms with Crippen LogP contribution < -0.4 is 10.9 Å². The maximum absolute atomic E-state index is 13.0. The van der Waals surface area contributed by atoms with Gasteiger partial charge in [-0.05, 0) is 42.7 Å². The van der Waals surface area contributed by atoms with Gasteiger partial charge in [0.25, 0.3) is 5.56 Å². The van der Waals surface area contributed by atoms with Gasteiger partial charge in [-0.1, -0.05) is 12.1 Å². The van der Waals surface area contributed by atoms with Crippen molar-refractivity contribution in [1.82, 2.24) is 4.57 Å². The van der Waals surface area contributed by atoms with Gasteiger partial charge in [0.05, 0.1) is 18.4 Å². The maximum Gasteiger partial charge on any atom is 0.307 e. The van der Waals surface area contributed by atoms with E-state index in [4.69, 9.17) is 5.11 Å². The monoisotopic (exact) mass is 344 g/mol. The molecule has 0 aliphatic heterocycles. The van der Waals surface area contributed by atoms with Crippen LogP contribution in [-0.4, -0.2) is 21.6 Å². The highest BCUT2D eigenvalue weighted by Gasteiger charge is 2.41. The van der Waals surface area contributed by atoms with Gasteiger partial charge in [0.1, 0.15) is 11.5 Å². The summed E-state index contributed by atoms with van der Waals surface area (Å²) in [5, 5.41) is 11.6. The average molecular weight is 344 g/mol. The smallest absolute Gasteiger partial charge is 0.307 e. The Labute approximate surface area is 142 Å². The fraction of sp³-hybridized carbons (Fsp3) is 0.278. The standard InChI is InChI=1S/C18H17FN2O4/c19-12-5-3-11(4-6-12)10-21-9-1-2-15(17(21)23)20-16(22)13-7-8-14(13)18(24)25/h1-6,9,13-14H,7-8,10H2,(H,20,22)(H,24,25). The first-order valence-corrected chi connectivity index (χ1v) is 7.93. The number of benzene rings is 1. The second-order valence-corrected chi connectivity index (χ2v) is 6.10. The van der Waals surface area contributed by atoms with Crippen LogP contribution in [0.2, 0.25) is 0 Å². The lowest BCUT2D eigenvalue weighted by Crippen LogP contribution is -2.42. The lowest BCUT2D eigenvalue weighted by Gasteiger charge is -2.31. The van der Waals surface area contributed by atoms with Crippen LogP contribution in [0.25, 0.3) is 0 Å². The number of halogens is 1. The van der Waals surface area contributed by atoms with E-state index >= 15 is 0 Å². The zero-order valence-corrected chi connectivity index (χ0v) is 13.3. The predicted molar refractivity (Wildman–Crippen MR) is 88.7 cm³/mol. The quantitative estimate of drug-likeness (QED) is 0.869. The van der Waals surface area contributed by atoms with Gasteiger partial charge in [0.2, 0.25) is 5.91 Å². The molecular weight excluding hydrogens is 327 g/mol. The van der Waals surface area contributed by atoms with E-state index in [1.165, 1.54) is 22.8 Å². The number of aromatic nitrogens is 1. The minimum atomic E-state index is -0.992. The van der Waals surface area contributed by atoms with Crippen molar-refractivity contribution in [2.24, 2.45) is 11.8 Å². The molecule has 2 N–H and O–H groups in total. The Morgan fingerprint density at radius 3 is 2.44 bits per heavy atom. The third-order valence-electron chi connectivity index (χ3n) is 4.47. The summed E-state index contributed by atoms with van der Waals surface area (Å²) in [7, 11) is 0. The second-order valence-electron chi connectivity index (χ2n) is 6.10. The average Bonchev–Trinajstić information content (AvgIpc) is 2.51. The van der Waals surface area contributed by atoms with Crippen LogP contribution in [0.15, 0.2) is 47.4 Å². The number of nitrogens with one attached hydrogen (secondary N) is 1. The molecule has 1 aromatic carbocycles. The summed E-state index contributed by atoms with van der Waals surface area (Å²) < 4.78 is 14.4. The number of pyridine rings is 1. The van der Waals surface area contributed by atoms with Gasteiger partial charge in [0, 0.05) is 6.20 Å². The molecule has 1 aliphatic carbocycles. The van der Waals surface area contributed by atoms with Crippen LogP contribution >= 0.6 is 0 Å². The molecule has 2 atom stereocenters. The van der Waals surface area contributed by atoms with Crippen molar-refractivity contribution in [1.29, 1.82) is 0 Å². The number of amides is 1. The van der Waals surface area contributed by atoms with Crippen molar-refractivity contribution in [2.45, 2.75) is 19.4 Å². The maximum atomic E-state index is 13.0. The van der Waals surface area contributed by atoms with E-state index in [1.807, 2.05) is 0 Å². The van der Waals surface area contributed by atoms with Gasteiger partial charge in [-0.15, -0.1) is 0 Å². The third kappa shape index (κ3) is 3.60. The fourth-order valence-electron chi connectivity index (χ4n) is 2.88. The molecule has 2 aromatic rings. The normalized spacial score (nSPS) is 19.1. The van der Waals surface area contributed by atoms with Crippen molar-refractivity contribution in [3.8, 4) is 0 Å².